The van der Waals surface area contributed by atoms with E-state index in [4.69, 9.17) is 0 Å². The van der Waals surface area contributed by atoms with Gasteiger partial charge in [0, 0.05) is 19.3 Å². The van der Waals surface area contributed by atoms with Crippen molar-refractivity contribution in [2.75, 3.05) is 0 Å². The van der Waals surface area contributed by atoms with Crippen molar-refractivity contribution in [2.45, 2.75) is 60.8 Å². The Labute approximate surface area is 182 Å². The summed E-state index contributed by atoms with van der Waals surface area (Å²) in [5.74, 6) is 0.334. The minimum atomic E-state index is -0.0885. The summed E-state index contributed by atoms with van der Waals surface area (Å²) in [7, 11) is 0. The van der Waals surface area contributed by atoms with Crippen LogP contribution in [0.3, 0.4) is 0 Å². The van der Waals surface area contributed by atoms with E-state index in [1.165, 1.54) is 16.7 Å². The Hall–Kier alpha value is -2.74. The van der Waals surface area contributed by atoms with Gasteiger partial charge in [0.05, 0.1) is 0 Å². The van der Waals surface area contributed by atoms with Crippen LogP contribution in [-0.4, -0.2) is 12.1 Å². The Morgan fingerprint density at radius 3 is 2.07 bits per heavy atom. The molecule has 30 heavy (non-hydrogen) atoms. The smallest absolute Gasteiger partial charge is 0.137 e. The van der Waals surface area contributed by atoms with Gasteiger partial charge in [-0.3, -0.25) is 4.79 Å². The predicted octanol–water partition coefficient (Wildman–Crippen LogP) is 7.34. The fourth-order valence-electron chi connectivity index (χ4n) is 3.44. The number of rotatable bonds is 9. The minimum absolute atomic E-state index is 0.0885. The van der Waals surface area contributed by atoms with Crippen LogP contribution in [-0.2, 0) is 9.59 Å². The topological polar surface area (TPSA) is 34.1 Å². The second kappa shape index (κ2) is 12.7. The standard InChI is InChI=1S/C28H36O2/c1-22(14-9-10-19-29)12-7-8-13-23(2)15-11-16-24(3)17-18-27-25(4)20-26(30)21-28(27,5)6/h7-9,11-19H,10,20-21H2,1-6H3/b8-7+,14-9+,15-11+,18-17+,22-12+,23-13+,24-16+. The molecule has 0 unspecified atom stereocenters. The van der Waals surface area contributed by atoms with Crippen molar-refractivity contribution in [1.29, 1.82) is 0 Å². The average molecular weight is 405 g/mol. The first-order valence-electron chi connectivity index (χ1n) is 10.5. The van der Waals surface area contributed by atoms with E-state index in [9.17, 15) is 9.59 Å². The van der Waals surface area contributed by atoms with Gasteiger partial charge in [0.2, 0.25) is 0 Å². The molecule has 0 aliphatic heterocycles. The molecule has 0 N–H and O–H groups in total. The third kappa shape index (κ3) is 9.65. The molecule has 1 aliphatic carbocycles. The molecule has 2 nitrogen and oxygen atoms in total. The second-order valence-electron chi connectivity index (χ2n) is 8.58. The molecule has 0 heterocycles. The van der Waals surface area contributed by atoms with Crippen molar-refractivity contribution in [3.8, 4) is 0 Å². The molecule has 0 spiro atoms. The lowest BCUT2D eigenvalue weighted by molar-refractivity contribution is -0.120. The highest BCUT2D eigenvalue weighted by molar-refractivity contribution is 5.84. The Morgan fingerprint density at radius 1 is 0.900 bits per heavy atom. The largest absolute Gasteiger partial charge is 0.303 e. The van der Waals surface area contributed by atoms with Gasteiger partial charge in [0.25, 0.3) is 0 Å². The van der Waals surface area contributed by atoms with Gasteiger partial charge >= 0.3 is 0 Å². The number of allylic oxidation sites excluding steroid dienone is 16. The number of Topliss-reactive ketones (excluding diaryl/α,β-unsaturated/α-hetero) is 1. The Bertz CT molecular complexity index is 862. The molecule has 160 valence electrons. The highest BCUT2D eigenvalue weighted by Gasteiger charge is 2.30. The van der Waals surface area contributed by atoms with Crippen LogP contribution >= 0.6 is 0 Å². The van der Waals surface area contributed by atoms with Crippen molar-refractivity contribution < 1.29 is 9.59 Å². The van der Waals surface area contributed by atoms with E-state index in [0.717, 1.165) is 17.4 Å². The van der Waals surface area contributed by atoms with E-state index in [-0.39, 0.29) is 5.41 Å². The molecular formula is C28H36O2. The van der Waals surface area contributed by atoms with Gasteiger partial charge in [-0.2, -0.15) is 0 Å². The first-order valence-corrected chi connectivity index (χ1v) is 10.5. The van der Waals surface area contributed by atoms with Crippen LogP contribution in [0.5, 0.6) is 0 Å². The summed E-state index contributed by atoms with van der Waals surface area (Å²) in [4.78, 5) is 22.1. The molecule has 2 heteroatoms. The Balaban J connectivity index is 2.69. The quantitative estimate of drug-likeness (QED) is 0.297. The summed E-state index contributed by atoms with van der Waals surface area (Å²) < 4.78 is 0. The molecule has 1 aliphatic rings. The number of carbonyl (C=O) groups is 2. The maximum absolute atomic E-state index is 11.9. The summed E-state index contributed by atoms with van der Waals surface area (Å²) in [6, 6.07) is 0. The molecule has 0 radical (unpaired) electrons. The second-order valence-corrected chi connectivity index (χ2v) is 8.58. The summed E-state index contributed by atoms with van der Waals surface area (Å²) in [5, 5.41) is 0. The van der Waals surface area contributed by atoms with Crippen molar-refractivity contribution >= 4 is 12.1 Å². The van der Waals surface area contributed by atoms with E-state index in [1.807, 2.05) is 37.3 Å². The predicted molar refractivity (Wildman–Crippen MR) is 129 cm³/mol. The van der Waals surface area contributed by atoms with Crippen LogP contribution in [0, 0.1) is 5.41 Å². The SMILES string of the molecule is CC1=C(/C=C/C(C)=C/C=C/C(C)=C/C=C/C=C(C)/C=C/CC=O)C(C)(C)CC(=O)C1. The van der Waals surface area contributed by atoms with Crippen LogP contribution in [0.1, 0.15) is 60.8 Å². The van der Waals surface area contributed by atoms with Crippen molar-refractivity contribution in [2.24, 2.45) is 5.41 Å². The van der Waals surface area contributed by atoms with E-state index in [1.54, 1.807) is 0 Å². The van der Waals surface area contributed by atoms with Crippen molar-refractivity contribution in [3.05, 3.63) is 94.7 Å². The molecule has 0 aromatic heterocycles. The highest BCUT2D eigenvalue weighted by Crippen LogP contribution is 2.39. The maximum Gasteiger partial charge on any atom is 0.137 e. The number of aldehydes is 1. The lowest BCUT2D eigenvalue weighted by atomic mass is 9.72. The third-order valence-electron chi connectivity index (χ3n) is 4.96. The summed E-state index contributed by atoms with van der Waals surface area (Å²) >= 11 is 0. The molecule has 0 aromatic carbocycles. The molecule has 1 rings (SSSR count). The Morgan fingerprint density at radius 2 is 1.47 bits per heavy atom. The number of carbonyl (C=O) groups excluding carboxylic acids is 2. The van der Waals surface area contributed by atoms with Crippen LogP contribution in [0.25, 0.3) is 0 Å². The zero-order chi connectivity index (χ0) is 22.6. The molecule has 0 saturated carbocycles. The molecule has 0 saturated heterocycles. The van der Waals surface area contributed by atoms with Gasteiger partial charge in [-0.05, 0) is 38.7 Å². The van der Waals surface area contributed by atoms with Crippen LogP contribution in [0.2, 0.25) is 0 Å². The minimum Gasteiger partial charge on any atom is -0.303 e. The molecule has 0 amide bonds. The van der Waals surface area contributed by atoms with E-state index in [2.05, 4.69) is 71.1 Å². The number of hydrogen-bond acceptors (Lipinski definition) is 2. The molecule has 0 bridgehead atoms. The van der Waals surface area contributed by atoms with Gasteiger partial charge in [0.1, 0.15) is 12.1 Å². The van der Waals surface area contributed by atoms with Gasteiger partial charge in [-0.25, -0.2) is 0 Å². The molecular weight excluding hydrogens is 368 g/mol. The van der Waals surface area contributed by atoms with Gasteiger partial charge < -0.3 is 4.79 Å². The average Bonchev–Trinajstić information content (AvgIpc) is 2.64. The molecule has 0 aromatic rings. The summed E-state index contributed by atoms with van der Waals surface area (Å²) in [6.45, 7) is 12.5. The van der Waals surface area contributed by atoms with Gasteiger partial charge in [-0.1, -0.05) is 103 Å². The number of ketones is 1. The fraction of sp³-hybridized carbons (Fsp3) is 0.357. The van der Waals surface area contributed by atoms with Gasteiger partial charge in [-0.15, -0.1) is 0 Å². The van der Waals surface area contributed by atoms with Crippen molar-refractivity contribution in [3.63, 3.8) is 0 Å². The normalized spacial score (nSPS) is 19.3. The van der Waals surface area contributed by atoms with Crippen LogP contribution in [0.4, 0.5) is 0 Å². The highest BCUT2D eigenvalue weighted by atomic mass is 16.1. The van der Waals surface area contributed by atoms with E-state index < -0.39 is 0 Å². The molecule has 0 fully saturated rings. The van der Waals surface area contributed by atoms with E-state index >= 15 is 0 Å². The first-order chi connectivity index (χ1) is 14.2. The fourth-order valence-corrected chi connectivity index (χ4v) is 3.44. The lowest BCUT2D eigenvalue weighted by Crippen LogP contribution is -2.25. The zero-order valence-electron chi connectivity index (χ0n) is 19.4. The molecule has 0 atom stereocenters. The summed E-state index contributed by atoms with van der Waals surface area (Å²) in [6.07, 6.45) is 24.9. The lowest BCUT2D eigenvalue weighted by Gasteiger charge is -2.32. The van der Waals surface area contributed by atoms with Crippen molar-refractivity contribution in [1.82, 2.24) is 0 Å². The monoisotopic (exact) mass is 404 g/mol. The van der Waals surface area contributed by atoms with Crippen LogP contribution in [0.15, 0.2) is 94.7 Å². The maximum atomic E-state index is 11.9. The zero-order valence-corrected chi connectivity index (χ0v) is 19.4. The third-order valence-corrected chi connectivity index (χ3v) is 4.96. The first kappa shape index (κ1) is 25.3. The van der Waals surface area contributed by atoms with E-state index in [0.29, 0.717) is 25.0 Å². The van der Waals surface area contributed by atoms with Gasteiger partial charge in [0.15, 0.2) is 0 Å². The number of hydrogen-bond donors (Lipinski definition) is 0. The summed E-state index contributed by atoms with van der Waals surface area (Å²) in [5.41, 5.74) is 5.81. The Kier molecular flexibility index (Phi) is 10.7. The van der Waals surface area contributed by atoms with Crippen LogP contribution < -0.4 is 0 Å².